The van der Waals surface area contributed by atoms with Crippen molar-refractivity contribution in [3.8, 4) is 5.75 Å². The molecule has 2 N–H and O–H groups in total. The Morgan fingerprint density at radius 1 is 0.892 bits per heavy atom. The number of nitrogens with one attached hydrogen (secondary N) is 1. The van der Waals surface area contributed by atoms with Gasteiger partial charge in [0.2, 0.25) is 5.78 Å². The number of hydrogen-bond acceptors (Lipinski definition) is 6. The van der Waals surface area contributed by atoms with Crippen LogP contribution in [0.1, 0.15) is 34.3 Å². The molecule has 1 amide bonds. The number of alkyl halides is 1. The predicted molar refractivity (Wildman–Crippen MR) is 134 cm³/mol. The van der Waals surface area contributed by atoms with Crippen molar-refractivity contribution >= 4 is 23.5 Å². The average Bonchev–Trinajstić information content (AvgIpc) is 3.45. The van der Waals surface area contributed by atoms with Gasteiger partial charge in [0.15, 0.2) is 0 Å². The molecule has 192 valence electrons. The molecule has 0 bridgehead atoms. The number of benzene rings is 3. The summed E-state index contributed by atoms with van der Waals surface area (Å²) < 4.78 is 26.9. The van der Waals surface area contributed by atoms with Gasteiger partial charge in [-0.1, -0.05) is 42.5 Å². The van der Waals surface area contributed by atoms with Crippen LogP contribution in [0.3, 0.4) is 0 Å². The van der Waals surface area contributed by atoms with Gasteiger partial charge in [0, 0.05) is 25.2 Å². The summed E-state index contributed by atoms with van der Waals surface area (Å²) >= 11 is 0. The number of likely N-dealkylation sites (tertiary alicyclic amines) is 1. The number of carboxylic acids is 1. The number of nitrogens with zero attached hydrogens (tertiary/aromatic N) is 1. The third-order valence-corrected chi connectivity index (χ3v) is 5.99. The van der Waals surface area contributed by atoms with Crippen LogP contribution in [0.5, 0.6) is 5.75 Å². The summed E-state index contributed by atoms with van der Waals surface area (Å²) in [5, 5.41) is 11.7. The van der Waals surface area contributed by atoms with E-state index in [1.165, 1.54) is 29.2 Å². The van der Waals surface area contributed by atoms with Crippen molar-refractivity contribution in [2.45, 2.75) is 31.8 Å². The van der Waals surface area contributed by atoms with Gasteiger partial charge in [0.05, 0.1) is 5.56 Å². The molecule has 0 spiro atoms. The topological polar surface area (TPSA) is 105 Å². The molecule has 37 heavy (non-hydrogen) atoms. The minimum Gasteiger partial charge on any atom is -0.478 e. The van der Waals surface area contributed by atoms with Crippen molar-refractivity contribution in [1.29, 1.82) is 0 Å². The van der Waals surface area contributed by atoms with Gasteiger partial charge in [-0.25, -0.2) is 14.5 Å². The van der Waals surface area contributed by atoms with Crippen LogP contribution >= 0.6 is 0 Å². The van der Waals surface area contributed by atoms with Gasteiger partial charge in [-0.2, -0.15) is 4.39 Å². The maximum Gasteiger partial charge on any atom is 0.411 e. The van der Waals surface area contributed by atoms with Crippen molar-refractivity contribution < 1.29 is 33.4 Å². The summed E-state index contributed by atoms with van der Waals surface area (Å²) in [5.41, 5.74) is 1.90. The third-order valence-electron chi connectivity index (χ3n) is 5.99. The van der Waals surface area contributed by atoms with E-state index in [9.17, 15) is 14.4 Å². The van der Waals surface area contributed by atoms with E-state index in [1.54, 1.807) is 24.3 Å². The van der Waals surface area contributed by atoms with Gasteiger partial charge in [0.25, 0.3) is 0 Å². The molecule has 9 heteroatoms. The Balaban J connectivity index is 1.39. The fourth-order valence-electron chi connectivity index (χ4n) is 4.00. The van der Waals surface area contributed by atoms with E-state index in [1.807, 2.05) is 30.3 Å². The molecule has 0 aliphatic carbocycles. The number of halogens is 1. The van der Waals surface area contributed by atoms with Gasteiger partial charge >= 0.3 is 18.0 Å². The van der Waals surface area contributed by atoms with Crippen molar-refractivity contribution in [3.63, 3.8) is 0 Å². The number of Topliss-reactive ketones (excluding diaryl/α,β-unsaturated/α-hetero) is 1. The highest BCUT2D eigenvalue weighted by atomic mass is 19.2. The molecule has 0 saturated carbocycles. The summed E-state index contributed by atoms with van der Waals surface area (Å²) in [6, 6.07) is 21.0. The van der Waals surface area contributed by atoms with E-state index < -0.39 is 23.8 Å². The molecule has 3 aromatic rings. The first-order valence-electron chi connectivity index (χ1n) is 11.9. The van der Waals surface area contributed by atoms with Crippen LogP contribution in [0, 0.1) is 0 Å². The maximum absolute atomic E-state index is 16.2. The lowest BCUT2D eigenvalue weighted by atomic mass is 10.1. The van der Waals surface area contributed by atoms with Crippen molar-refractivity contribution in [1.82, 2.24) is 4.90 Å². The summed E-state index contributed by atoms with van der Waals surface area (Å²) in [5.74, 6) is -4.53. The highest BCUT2D eigenvalue weighted by molar-refractivity contribution is 5.89. The minimum absolute atomic E-state index is 0.0296. The summed E-state index contributed by atoms with van der Waals surface area (Å²) in [6.07, 6.45) is 0.618. The van der Waals surface area contributed by atoms with Gasteiger partial charge in [-0.3, -0.25) is 10.1 Å². The number of ketones is 1. The lowest BCUT2D eigenvalue weighted by molar-refractivity contribution is -0.191. The number of hydrogen-bond donors (Lipinski definition) is 2. The van der Waals surface area contributed by atoms with E-state index in [0.29, 0.717) is 24.3 Å². The van der Waals surface area contributed by atoms with Crippen LogP contribution in [-0.4, -0.2) is 46.9 Å². The van der Waals surface area contributed by atoms with Gasteiger partial charge in [-0.05, 0) is 60.4 Å². The molecule has 1 saturated heterocycles. The van der Waals surface area contributed by atoms with E-state index in [4.69, 9.17) is 14.6 Å². The zero-order valence-electron chi connectivity index (χ0n) is 20.1. The predicted octanol–water partition coefficient (Wildman–Crippen LogP) is 5.04. The molecule has 1 aliphatic rings. The van der Waals surface area contributed by atoms with Gasteiger partial charge in [0.1, 0.15) is 12.4 Å². The second-order valence-corrected chi connectivity index (χ2v) is 8.67. The number of carboxylic acid groups (broad SMARTS) is 1. The fraction of sp³-hybridized carbons (Fsp3) is 0.250. The Hall–Kier alpha value is -4.24. The lowest BCUT2D eigenvalue weighted by Gasteiger charge is -2.33. The summed E-state index contributed by atoms with van der Waals surface area (Å²) in [4.78, 5) is 37.7. The van der Waals surface area contributed by atoms with E-state index in [2.05, 4.69) is 5.32 Å². The molecule has 3 aromatic carbocycles. The third kappa shape index (κ3) is 6.71. The van der Waals surface area contributed by atoms with Crippen LogP contribution < -0.4 is 10.1 Å². The Morgan fingerprint density at radius 2 is 1.54 bits per heavy atom. The van der Waals surface area contributed by atoms with Crippen molar-refractivity contribution in [3.05, 3.63) is 95.6 Å². The molecule has 1 unspecified atom stereocenters. The summed E-state index contributed by atoms with van der Waals surface area (Å²) in [7, 11) is 0. The van der Waals surface area contributed by atoms with Crippen molar-refractivity contribution in [2.24, 2.45) is 0 Å². The number of anilines is 1. The number of amides is 1. The van der Waals surface area contributed by atoms with E-state index in [0.717, 1.165) is 18.4 Å². The highest BCUT2D eigenvalue weighted by Gasteiger charge is 2.48. The Morgan fingerprint density at radius 3 is 2.16 bits per heavy atom. The normalized spacial score (nSPS) is 14.9. The molecular formula is C28H27FN2O6. The number of aromatic carboxylic acids is 1. The minimum atomic E-state index is -2.70. The molecule has 1 aliphatic heterocycles. The Bertz CT molecular complexity index is 1230. The zero-order chi connectivity index (χ0) is 26.3. The number of ether oxygens (including phenoxy) is 2. The SMILES string of the molecule is O=C(Nc1ccc(CC(=O)C(F)(Oc2ccc(C(=O)O)cc2)N2CCCC2)cc1)OCc1ccccc1. The second kappa shape index (κ2) is 11.7. The van der Waals surface area contributed by atoms with Crippen LogP contribution in [0.2, 0.25) is 0 Å². The molecule has 0 aromatic heterocycles. The van der Waals surface area contributed by atoms with Crippen LogP contribution in [-0.2, 0) is 22.6 Å². The monoisotopic (exact) mass is 506 g/mol. The lowest BCUT2D eigenvalue weighted by Crippen LogP contribution is -2.55. The van der Waals surface area contributed by atoms with E-state index in [-0.39, 0.29) is 24.3 Å². The Kier molecular flexibility index (Phi) is 8.15. The van der Waals surface area contributed by atoms with Gasteiger partial charge < -0.3 is 14.6 Å². The first-order valence-corrected chi connectivity index (χ1v) is 11.9. The highest BCUT2D eigenvalue weighted by Crippen LogP contribution is 2.30. The molecule has 1 atom stereocenters. The first-order chi connectivity index (χ1) is 17.8. The smallest absolute Gasteiger partial charge is 0.411 e. The molecule has 8 nitrogen and oxygen atoms in total. The molecule has 0 radical (unpaired) electrons. The van der Waals surface area contributed by atoms with Crippen LogP contribution in [0.4, 0.5) is 14.9 Å². The number of carbonyl (C=O) groups is 3. The standard InChI is InChI=1S/C28H27FN2O6/c29-28(31-16-4-5-17-31,37-24-14-10-22(11-15-24)26(33)34)25(32)18-20-8-12-23(13-9-20)30-27(35)36-19-21-6-2-1-3-7-21/h1-3,6-15H,4-5,16-19H2,(H,30,35)(H,33,34). The van der Waals surface area contributed by atoms with Crippen molar-refractivity contribution in [2.75, 3.05) is 18.4 Å². The first kappa shape index (κ1) is 25.8. The molecule has 1 fully saturated rings. The fourth-order valence-corrected chi connectivity index (χ4v) is 4.00. The number of rotatable bonds is 10. The molecule has 4 rings (SSSR count). The Labute approximate surface area is 213 Å². The number of carbonyl (C=O) groups excluding carboxylic acids is 2. The molecular weight excluding hydrogens is 479 g/mol. The maximum atomic E-state index is 16.2. The molecule has 1 heterocycles. The average molecular weight is 507 g/mol. The zero-order valence-corrected chi connectivity index (χ0v) is 20.1. The quantitative estimate of drug-likeness (QED) is 0.371. The largest absolute Gasteiger partial charge is 0.478 e. The second-order valence-electron chi connectivity index (χ2n) is 8.67. The van der Waals surface area contributed by atoms with Crippen LogP contribution in [0.15, 0.2) is 78.9 Å². The van der Waals surface area contributed by atoms with Crippen LogP contribution in [0.25, 0.3) is 0 Å². The van der Waals surface area contributed by atoms with Gasteiger partial charge in [-0.15, -0.1) is 0 Å². The van der Waals surface area contributed by atoms with E-state index >= 15 is 4.39 Å². The summed E-state index contributed by atoms with van der Waals surface area (Å²) in [6.45, 7) is 0.861.